The molecule has 1 aromatic rings. The SMILES string of the molecule is CC.S=c1cccc[nH]1. The highest BCUT2D eigenvalue weighted by atomic mass is 32.1. The maximum absolute atomic E-state index is 4.76. The van der Waals surface area contributed by atoms with Gasteiger partial charge in [0, 0.05) is 6.20 Å². The summed E-state index contributed by atoms with van der Waals surface area (Å²) in [6, 6.07) is 5.64. The molecule has 0 bridgehead atoms. The Balaban J connectivity index is 0.000000291. The van der Waals surface area contributed by atoms with Crippen LogP contribution in [-0.4, -0.2) is 4.98 Å². The first-order chi connectivity index (χ1) is 4.39. The van der Waals surface area contributed by atoms with Gasteiger partial charge in [-0.3, -0.25) is 0 Å². The van der Waals surface area contributed by atoms with Crippen molar-refractivity contribution in [1.29, 1.82) is 0 Å². The molecule has 0 fully saturated rings. The molecule has 1 aromatic heterocycles. The van der Waals surface area contributed by atoms with E-state index in [1.54, 1.807) is 0 Å². The molecule has 1 heterocycles. The number of aromatic amines is 1. The highest BCUT2D eigenvalue weighted by Gasteiger charge is 1.65. The van der Waals surface area contributed by atoms with Gasteiger partial charge >= 0.3 is 0 Å². The Morgan fingerprint density at radius 2 is 2.00 bits per heavy atom. The molecular weight excluding hydrogens is 130 g/mol. The smallest absolute Gasteiger partial charge is 0.103 e. The molecule has 1 N–H and O–H groups in total. The van der Waals surface area contributed by atoms with Gasteiger partial charge < -0.3 is 4.98 Å². The third-order valence-corrected chi connectivity index (χ3v) is 0.934. The lowest BCUT2D eigenvalue weighted by atomic mass is 10.5. The summed E-state index contributed by atoms with van der Waals surface area (Å²) in [5.74, 6) is 0. The first-order valence-corrected chi connectivity index (χ1v) is 3.44. The van der Waals surface area contributed by atoms with Crippen molar-refractivity contribution in [2.75, 3.05) is 0 Å². The normalized spacial score (nSPS) is 7.33. The molecule has 9 heavy (non-hydrogen) atoms. The minimum Gasteiger partial charge on any atom is -0.353 e. The van der Waals surface area contributed by atoms with Gasteiger partial charge in [-0.15, -0.1) is 0 Å². The number of hydrogen-bond acceptors (Lipinski definition) is 1. The quantitative estimate of drug-likeness (QED) is 0.549. The second-order valence-electron chi connectivity index (χ2n) is 1.23. The van der Waals surface area contributed by atoms with E-state index in [2.05, 4.69) is 4.98 Å². The molecule has 0 saturated heterocycles. The van der Waals surface area contributed by atoms with Crippen LogP contribution < -0.4 is 0 Å². The molecule has 0 radical (unpaired) electrons. The molecular formula is C7H11NS. The molecule has 50 valence electrons. The van der Waals surface area contributed by atoms with E-state index < -0.39 is 0 Å². The van der Waals surface area contributed by atoms with Crippen LogP contribution in [0.4, 0.5) is 0 Å². The lowest BCUT2D eigenvalue weighted by Crippen LogP contribution is -1.64. The highest BCUT2D eigenvalue weighted by Crippen LogP contribution is 1.80. The minimum atomic E-state index is 0.780. The summed E-state index contributed by atoms with van der Waals surface area (Å²) < 4.78 is 0.780. The Labute approximate surface area is 60.7 Å². The van der Waals surface area contributed by atoms with Crippen LogP contribution in [0.2, 0.25) is 0 Å². The van der Waals surface area contributed by atoms with Gasteiger partial charge in [-0.05, 0) is 12.1 Å². The number of nitrogens with one attached hydrogen (secondary N) is 1. The monoisotopic (exact) mass is 141 g/mol. The van der Waals surface area contributed by atoms with Crippen LogP contribution in [0.25, 0.3) is 0 Å². The van der Waals surface area contributed by atoms with Crippen molar-refractivity contribution in [3.8, 4) is 0 Å². The van der Waals surface area contributed by atoms with Gasteiger partial charge in [-0.2, -0.15) is 0 Å². The Morgan fingerprint density at radius 3 is 2.22 bits per heavy atom. The van der Waals surface area contributed by atoms with Crippen LogP contribution in [0, 0.1) is 4.64 Å². The molecule has 0 aliphatic carbocycles. The van der Waals surface area contributed by atoms with Gasteiger partial charge in [0.15, 0.2) is 0 Å². The first kappa shape index (κ1) is 8.37. The number of pyridine rings is 1. The predicted molar refractivity (Wildman–Crippen MR) is 43.0 cm³/mol. The van der Waals surface area contributed by atoms with Gasteiger partial charge in [0.25, 0.3) is 0 Å². The fourth-order valence-corrected chi connectivity index (χ4v) is 0.523. The van der Waals surface area contributed by atoms with Crippen molar-refractivity contribution in [3.05, 3.63) is 29.0 Å². The molecule has 0 aliphatic rings. The van der Waals surface area contributed by atoms with Crippen molar-refractivity contribution in [1.82, 2.24) is 4.98 Å². The predicted octanol–water partition coefficient (Wildman–Crippen LogP) is 2.77. The van der Waals surface area contributed by atoms with Crippen LogP contribution in [0.1, 0.15) is 13.8 Å². The largest absolute Gasteiger partial charge is 0.353 e. The van der Waals surface area contributed by atoms with E-state index in [1.165, 1.54) is 0 Å². The van der Waals surface area contributed by atoms with E-state index in [4.69, 9.17) is 12.2 Å². The van der Waals surface area contributed by atoms with Gasteiger partial charge in [0.1, 0.15) is 4.64 Å². The van der Waals surface area contributed by atoms with E-state index in [0.717, 1.165) is 4.64 Å². The molecule has 0 aromatic carbocycles. The molecule has 2 heteroatoms. The second-order valence-corrected chi connectivity index (χ2v) is 1.67. The van der Waals surface area contributed by atoms with Gasteiger partial charge in [-0.25, -0.2) is 0 Å². The number of hydrogen-bond donors (Lipinski definition) is 1. The zero-order valence-corrected chi connectivity index (χ0v) is 6.53. The average Bonchev–Trinajstić information content (AvgIpc) is 1.94. The van der Waals surface area contributed by atoms with Crippen LogP contribution in [0.3, 0.4) is 0 Å². The number of H-pyrrole nitrogens is 1. The molecule has 0 spiro atoms. The van der Waals surface area contributed by atoms with E-state index in [9.17, 15) is 0 Å². The fraction of sp³-hybridized carbons (Fsp3) is 0.286. The van der Waals surface area contributed by atoms with Crippen LogP contribution in [-0.2, 0) is 0 Å². The molecule has 0 aliphatic heterocycles. The average molecular weight is 141 g/mol. The zero-order valence-electron chi connectivity index (χ0n) is 5.72. The van der Waals surface area contributed by atoms with Gasteiger partial charge in [-0.1, -0.05) is 32.1 Å². The Hall–Kier alpha value is -0.630. The van der Waals surface area contributed by atoms with Crippen molar-refractivity contribution < 1.29 is 0 Å². The van der Waals surface area contributed by atoms with E-state index in [0.29, 0.717) is 0 Å². The van der Waals surface area contributed by atoms with Crippen molar-refractivity contribution in [2.24, 2.45) is 0 Å². The van der Waals surface area contributed by atoms with Crippen molar-refractivity contribution in [3.63, 3.8) is 0 Å². The first-order valence-electron chi connectivity index (χ1n) is 3.03. The van der Waals surface area contributed by atoms with Crippen LogP contribution in [0.15, 0.2) is 24.4 Å². The Bertz CT molecular complexity index is 175. The molecule has 0 amide bonds. The Morgan fingerprint density at radius 1 is 1.33 bits per heavy atom. The van der Waals surface area contributed by atoms with Crippen molar-refractivity contribution in [2.45, 2.75) is 13.8 Å². The summed E-state index contributed by atoms with van der Waals surface area (Å²) in [6.07, 6.45) is 1.81. The van der Waals surface area contributed by atoms with Crippen LogP contribution in [0.5, 0.6) is 0 Å². The van der Waals surface area contributed by atoms with Crippen LogP contribution >= 0.6 is 12.2 Å². The number of rotatable bonds is 0. The fourth-order valence-electron chi connectivity index (χ4n) is 0.377. The van der Waals surface area contributed by atoms with E-state index >= 15 is 0 Å². The number of aromatic nitrogens is 1. The summed E-state index contributed by atoms with van der Waals surface area (Å²) in [6.45, 7) is 4.00. The Kier molecular flexibility index (Phi) is 5.12. The minimum absolute atomic E-state index is 0.780. The lowest BCUT2D eigenvalue weighted by Gasteiger charge is -1.76. The van der Waals surface area contributed by atoms with E-state index in [-0.39, 0.29) is 0 Å². The second kappa shape index (κ2) is 5.51. The maximum atomic E-state index is 4.76. The molecule has 1 rings (SSSR count). The summed E-state index contributed by atoms with van der Waals surface area (Å²) in [4.78, 5) is 2.85. The summed E-state index contributed by atoms with van der Waals surface area (Å²) in [5.41, 5.74) is 0. The highest BCUT2D eigenvalue weighted by molar-refractivity contribution is 7.71. The summed E-state index contributed by atoms with van der Waals surface area (Å²) in [5, 5.41) is 0. The van der Waals surface area contributed by atoms with Gasteiger partial charge in [0.05, 0.1) is 0 Å². The lowest BCUT2D eigenvalue weighted by molar-refractivity contribution is 1.30. The standard InChI is InChI=1S/C5H5NS.C2H6/c7-5-3-1-2-4-6-5;1-2/h1-4H,(H,6,7);1-2H3. The van der Waals surface area contributed by atoms with Crippen molar-refractivity contribution >= 4 is 12.2 Å². The topological polar surface area (TPSA) is 15.8 Å². The molecule has 1 nitrogen and oxygen atoms in total. The zero-order chi connectivity index (χ0) is 7.11. The summed E-state index contributed by atoms with van der Waals surface area (Å²) in [7, 11) is 0. The molecule has 0 atom stereocenters. The van der Waals surface area contributed by atoms with Gasteiger partial charge in [0.2, 0.25) is 0 Å². The molecule has 0 unspecified atom stereocenters. The third-order valence-electron chi connectivity index (χ3n) is 0.681. The molecule has 0 saturated carbocycles. The maximum Gasteiger partial charge on any atom is 0.103 e. The third kappa shape index (κ3) is 3.91. The summed E-state index contributed by atoms with van der Waals surface area (Å²) >= 11 is 4.76. The van der Waals surface area contributed by atoms with E-state index in [1.807, 2.05) is 38.2 Å².